The van der Waals surface area contributed by atoms with E-state index in [1.54, 1.807) is 0 Å². The van der Waals surface area contributed by atoms with E-state index in [0.29, 0.717) is 19.3 Å². The minimum Gasteiger partial charge on any atom is -0.462 e. The summed E-state index contributed by atoms with van der Waals surface area (Å²) in [6.07, 6.45) is 68.1. The van der Waals surface area contributed by atoms with Crippen LogP contribution in [0.5, 0.6) is 0 Å². The van der Waals surface area contributed by atoms with Gasteiger partial charge in [-0.25, -0.2) is 0 Å². The number of rotatable bonds is 46. The van der Waals surface area contributed by atoms with Crippen LogP contribution >= 0.6 is 0 Å². The number of hydrogen-bond acceptors (Lipinski definition) is 6. The van der Waals surface area contributed by atoms with E-state index in [0.717, 1.165) is 135 Å². The van der Waals surface area contributed by atoms with Gasteiger partial charge in [-0.2, -0.15) is 0 Å². The summed E-state index contributed by atoms with van der Waals surface area (Å²) in [4.78, 5) is 38.0. The van der Waals surface area contributed by atoms with Crippen LogP contribution < -0.4 is 0 Å². The maximum Gasteiger partial charge on any atom is 0.306 e. The van der Waals surface area contributed by atoms with Gasteiger partial charge in [0, 0.05) is 19.3 Å². The van der Waals surface area contributed by atoms with Crippen LogP contribution in [0.1, 0.15) is 233 Å². The molecular formula is C58H96O6. The zero-order valence-electron chi connectivity index (χ0n) is 41.5. The summed E-state index contributed by atoms with van der Waals surface area (Å²) in [5.74, 6) is -0.945. The van der Waals surface area contributed by atoms with Gasteiger partial charge in [0.1, 0.15) is 13.2 Å². The number of carbonyl (C=O) groups is 3. The molecule has 64 heavy (non-hydrogen) atoms. The van der Waals surface area contributed by atoms with Crippen LogP contribution in [0.3, 0.4) is 0 Å². The molecule has 364 valence electrons. The molecule has 0 aliphatic carbocycles. The van der Waals surface area contributed by atoms with Crippen molar-refractivity contribution in [3.8, 4) is 0 Å². The molecule has 0 aliphatic rings. The van der Waals surface area contributed by atoms with Crippen LogP contribution in [-0.4, -0.2) is 37.2 Å². The topological polar surface area (TPSA) is 78.9 Å². The van der Waals surface area contributed by atoms with Crippen LogP contribution in [0, 0.1) is 0 Å². The highest BCUT2D eigenvalue weighted by atomic mass is 16.6. The van der Waals surface area contributed by atoms with Gasteiger partial charge in [0.25, 0.3) is 0 Å². The third-order valence-electron chi connectivity index (χ3n) is 10.8. The zero-order chi connectivity index (χ0) is 46.5. The van der Waals surface area contributed by atoms with E-state index in [-0.39, 0.29) is 31.1 Å². The second-order valence-corrected chi connectivity index (χ2v) is 17.0. The Morgan fingerprint density at radius 1 is 0.328 bits per heavy atom. The van der Waals surface area contributed by atoms with Crippen molar-refractivity contribution in [3.05, 3.63) is 97.2 Å². The molecule has 0 amide bonds. The molecule has 1 unspecified atom stereocenters. The van der Waals surface area contributed by atoms with Crippen LogP contribution in [0.2, 0.25) is 0 Å². The maximum atomic E-state index is 12.8. The summed E-state index contributed by atoms with van der Waals surface area (Å²) in [7, 11) is 0. The summed E-state index contributed by atoms with van der Waals surface area (Å²) >= 11 is 0. The molecular weight excluding hydrogens is 793 g/mol. The van der Waals surface area contributed by atoms with Crippen LogP contribution in [0.4, 0.5) is 0 Å². The zero-order valence-corrected chi connectivity index (χ0v) is 41.5. The third-order valence-corrected chi connectivity index (χ3v) is 10.8. The van der Waals surface area contributed by atoms with Gasteiger partial charge in [-0.3, -0.25) is 14.4 Å². The fourth-order valence-electron chi connectivity index (χ4n) is 6.95. The lowest BCUT2D eigenvalue weighted by atomic mass is 10.0. The first-order valence-electron chi connectivity index (χ1n) is 26.2. The molecule has 1 atom stereocenters. The van der Waals surface area contributed by atoms with Crippen LogP contribution in [0.25, 0.3) is 0 Å². The molecule has 0 heterocycles. The molecule has 0 bridgehead atoms. The Morgan fingerprint density at radius 3 is 0.953 bits per heavy atom. The predicted molar refractivity (Wildman–Crippen MR) is 274 cm³/mol. The highest BCUT2D eigenvalue weighted by Crippen LogP contribution is 2.14. The molecule has 0 aromatic carbocycles. The highest BCUT2D eigenvalue weighted by molar-refractivity contribution is 5.71. The van der Waals surface area contributed by atoms with Gasteiger partial charge in [0.2, 0.25) is 0 Å². The quantitative estimate of drug-likeness (QED) is 0.0262. The summed E-state index contributed by atoms with van der Waals surface area (Å²) < 4.78 is 16.8. The lowest BCUT2D eigenvalue weighted by Gasteiger charge is -2.18. The van der Waals surface area contributed by atoms with Gasteiger partial charge in [0.05, 0.1) is 0 Å². The van der Waals surface area contributed by atoms with Gasteiger partial charge >= 0.3 is 17.9 Å². The van der Waals surface area contributed by atoms with Gasteiger partial charge in [-0.05, 0) is 96.3 Å². The molecule has 0 aromatic heterocycles. The number of unbranched alkanes of at least 4 members (excludes halogenated alkanes) is 19. The van der Waals surface area contributed by atoms with Crippen molar-refractivity contribution in [2.75, 3.05) is 13.2 Å². The van der Waals surface area contributed by atoms with Crippen molar-refractivity contribution in [1.29, 1.82) is 0 Å². The molecule has 0 saturated heterocycles. The van der Waals surface area contributed by atoms with E-state index < -0.39 is 6.10 Å². The number of allylic oxidation sites excluding steroid dienone is 16. The fraction of sp³-hybridized carbons (Fsp3) is 0.672. The average molecular weight is 889 g/mol. The number of carbonyl (C=O) groups excluding carboxylic acids is 3. The molecule has 0 N–H and O–H groups in total. The molecule has 6 nitrogen and oxygen atoms in total. The van der Waals surface area contributed by atoms with E-state index >= 15 is 0 Å². The third kappa shape index (κ3) is 49.3. The van der Waals surface area contributed by atoms with Gasteiger partial charge in [-0.15, -0.1) is 0 Å². The van der Waals surface area contributed by atoms with Crippen molar-refractivity contribution >= 4 is 17.9 Å². The lowest BCUT2D eigenvalue weighted by Crippen LogP contribution is -2.30. The van der Waals surface area contributed by atoms with E-state index in [4.69, 9.17) is 14.2 Å². The normalized spacial score (nSPS) is 12.9. The smallest absolute Gasteiger partial charge is 0.306 e. The van der Waals surface area contributed by atoms with E-state index in [1.165, 1.54) is 57.8 Å². The average Bonchev–Trinajstić information content (AvgIpc) is 3.29. The summed E-state index contributed by atoms with van der Waals surface area (Å²) in [5, 5.41) is 0. The Kier molecular flexibility index (Phi) is 49.0. The van der Waals surface area contributed by atoms with Crippen molar-refractivity contribution in [3.63, 3.8) is 0 Å². The second kappa shape index (κ2) is 52.0. The minimum atomic E-state index is -0.799. The van der Waals surface area contributed by atoms with Crippen LogP contribution in [-0.2, 0) is 28.6 Å². The Hall–Kier alpha value is -3.67. The fourth-order valence-corrected chi connectivity index (χ4v) is 6.95. The van der Waals surface area contributed by atoms with Crippen molar-refractivity contribution in [2.24, 2.45) is 0 Å². The lowest BCUT2D eigenvalue weighted by molar-refractivity contribution is -0.167. The first-order valence-corrected chi connectivity index (χ1v) is 26.2. The van der Waals surface area contributed by atoms with Crippen molar-refractivity contribution in [2.45, 2.75) is 239 Å². The predicted octanol–water partition coefficient (Wildman–Crippen LogP) is 17.4. The van der Waals surface area contributed by atoms with Gasteiger partial charge in [0.15, 0.2) is 6.10 Å². The monoisotopic (exact) mass is 889 g/mol. The molecule has 0 aromatic rings. The first kappa shape index (κ1) is 60.3. The summed E-state index contributed by atoms with van der Waals surface area (Å²) in [6, 6.07) is 0. The van der Waals surface area contributed by atoms with E-state index in [9.17, 15) is 14.4 Å². The number of ether oxygens (including phenoxy) is 3. The second-order valence-electron chi connectivity index (χ2n) is 17.0. The van der Waals surface area contributed by atoms with E-state index in [2.05, 4.69) is 118 Å². The molecule has 0 rings (SSSR count). The number of hydrogen-bond donors (Lipinski definition) is 0. The Bertz CT molecular complexity index is 1300. The molecule has 0 fully saturated rings. The van der Waals surface area contributed by atoms with E-state index in [1.807, 2.05) is 0 Å². The molecule has 0 aliphatic heterocycles. The SMILES string of the molecule is CC/C=C\C/C=C\C/C=C\C/C=C\CCCCCCC(=O)OCC(COC(=O)CCCCCCCCCCCCCC)OC(=O)CCCCCC/C=C\C/C=C\C/C=C\C/C=C\CC. The van der Waals surface area contributed by atoms with Crippen molar-refractivity contribution < 1.29 is 28.6 Å². The molecule has 6 heteroatoms. The highest BCUT2D eigenvalue weighted by Gasteiger charge is 2.19. The van der Waals surface area contributed by atoms with Crippen molar-refractivity contribution in [1.82, 2.24) is 0 Å². The first-order chi connectivity index (χ1) is 31.5. The number of esters is 3. The molecule has 0 saturated carbocycles. The Labute approximate surface area is 394 Å². The summed E-state index contributed by atoms with van der Waals surface area (Å²) in [5.41, 5.74) is 0. The Balaban J connectivity index is 4.48. The van der Waals surface area contributed by atoms with Gasteiger partial charge < -0.3 is 14.2 Å². The largest absolute Gasteiger partial charge is 0.462 e. The molecule has 0 radical (unpaired) electrons. The van der Waals surface area contributed by atoms with Gasteiger partial charge in [-0.1, -0.05) is 214 Å². The van der Waals surface area contributed by atoms with Crippen LogP contribution in [0.15, 0.2) is 97.2 Å². The maximum absolute atomic E-state index is 12.8. The Morgan fingerprint density at radius 2 is 0.609 bits per heavy atom. The standard InChI is InChI=1S/C58H96O6/c1-4-7-10-13-16-19-22-25-27-29-31-33-36-39-42-45-48-51-57(60)63-54-55(53-62-56(59)50-47-44-41-38-35-24-21-18-15-12-9-6-3)64-58(61)52-49-46-43-40-37-34-32-30-28-26-23-20-17-14-11-8-5-2/h7-8,10-11,16-17,19-20,25-28,31-34,55H,4-6,9,12-15,18,21-24,29-30,35-54H2,1-3H3/b10-7-,11-8-,19-16-,20-17-,27-25-,28-26-,33-31-,34-32-. The minimum absolute atomic E-state index is 0.0950. The molecule has 0 spiro atoms. The summed E-state index contributed by atoms with van der Waals surface area (Å²) in [6.45, 7) is 6.36.